The Morgan fingerprint density at radius 2 is 2.24 bits per heavy atom. The summed E-state index contributed by atoms with van der Waals surface area (Å²) >= 11 is 0. The molecule has 0 bridgehead atoms. The zero-order chi connectivity index (χ0) is 11.7. The van der Waals surface area contributed by atoms with Gasteiger partial charge in [-0.2, -0.15) is 0 Å². The molecule has 1 aliphatic heterocycles. The van der Waals surface area contributed by atoms with E-state index in [9.17, 15) is 0 Å². The minimum Gasteiger partial charge on any atom is -0.381 e. The molecule has 1 saturated heterocycles. The molecule has 5 heteroatoms. The molecule has 0 aromatic carbocycles. The third kappa shape index (κ3) is 2.35. The highest BCUT2D eigenvalue weighted by atomic mass is 16.5. The summed E-state index contributed by atoms with van der Waals surface area (Å²) in [6.45, 7) is 3.35. The van der Waals surface area contributed by atoms with E-state index in [0.29, 0.717) is 12.5 Å². The van der Waals surface area contributed by atoms with E-state index in [1.807, 2.05) is 0 Å². The standard InChI is InChI=1S/C12H20N4O/c13-5-3-11-12(10-4-6-17-8-10)16(15-14-11)7-9-1-2-9/h9-10H,1-8,13H2. The Hall–Kier alpha value is -0.940. The number of hydrogen-bond donors (Lipinski definition) is 1. The topological polar surface area (TPSA) is 66.0 Å². The molecule has 1 aromatic rings. The van der Waals surface area contributed by atoms with Crippen LogP contribution in [0.25, 0.3) is 0 Å². The van der Waals surface area contributed by atoms with E-state index < -0.39 is 0 Å². The molecule has 94 valence electrons. The van der Waals surface area contributed by atoms with Crippen LogP contribution in [0.3, 0.4) is 0 Å². The summed E-state index contributed by atoms with van der Waals surface area (Å²) in [5, 5.41) is 8.62. The molecule has 1 aliphatic carbocycles. The molecular weight excluding hydrogens is 216 g/mol. The minimum atomic E-state index is 0.477. The normalized spacial score (nSPS) is 24.4. The summed E-state index contributed by atoms with van der Waals surface area (Å²) < 4.78 is 7.60. The summed E-state index contributed by atoms with van der Waals surface area (Å²) in [5.74, 6) is 1.30. The van der Waals surface area contributed by atoms with Gasteiger partial charge < -0.3 is 10.5 Å². The average Bonchev–Trinajstić information content (AvgIpc) is 2.83. The molecule has 0 spiro atoms. The van der Waals surface area contributed by atoms with Crippen LogP contribution in [0.2, 0.25) is 0 Å². The highest BCUT2D eigenvalue weighted by Crippen LogP contribution is 2.33. The Labute approximate surface area is 101 Å². The van der Waals surface area contributed by atoms with Crippen molar-refractivity contribution >= 4 is 0 Å². The molecule has 0 amide bonds. The van der Waals surface area contributed by atoms with E-state index in [1.54, 1.807) is 0 Å². The van der Waals surface area contributed by atoms with Gasteiger partial charge in [0.1, 0.15) is 0 Å². The van der Waals surface area contributed by atoms with E-state index in [1.165, 1.54) is 18.5 Å². The Balaban J connectivity index is 1.85. The lowest BCUT2D eigenvalue weighted by atomic mass is 10.0. The van der Waals surface area contributed by atoms with Crippen LogP contribution in [-0.4, -0.2) is 34.8 Å². The predicted octanol–water partition coefficient (Wildman–Crippen LogP) is 0.693. The molecule has 5 nitrogen and oxygen atoms in total. The van der Waals surface area contributed by atoms with Crippen molar-refractivity contribution < 1.29 is 4.74 Å². The van der Waals surface area contributed by atoms with Gasteiger partial charge in [-0.1, -0.05) is 5.21 Å². The van der Waals surface area contributed by atoms with Crippen molar-refractivity contribution in [1.82, 2.24) is 15.0 Å². The third-order valence-corrected chi connectivity index (χ3v) is 3.67. The number of hydrogen-bond acceptors (Lipinski definition) is 4. The van der Waals surface area contributed by atoms with Crippen molar-refractivity contribution in [3.63, 3.8) is 0 Å². The van der Waals surface area contributed by atoms with Crippen LogP contribution < -0.4 is 5.73 Å². The lowest BCUT2D eigenvalue weighted by Gasteiger charge is -2.12. The number of nitrogens with zero attached hydrogens (tertiary/aromatic N) is 3. The van der Waals surface area contributed by atoms with E-state index in [-0.39, 0.29) is 0 Å². The zero-order valence-electron chi connectivity index (χ0n) is 10.1. The summed E-state index contributed by atoms with van der Waals surface area (Å²) in [5.41, 5.74) is 8.02. The second kappa shape index (κ2) is 4.74. The predicted molar refractivity (Wildman–Crippen MR) is 63.7 cm³/mol. The first kappa shape index (κ1) is 11.2. The second-order valence-corrected chi connectivity index (χ2v) is 5.15. The fraction of sp³-hybridized carbons (Fsp3) is 0.833. The van der Waals surface area contributed by atoms with Crippen molar-refractivity contribution in [3.8, 4) is 0 Å². The maximum Gasteiger partial charge on any atom is 0.0875 e. The maximum atomic E-state index is 5.64. The number of aromatic nitrogens is 3. The van der Waals surface area contributed by atoms with Gasteiger partial charge in [0.2, 0.25) is 0 Å². The number of ether oxygens (including phenoxy) is 1. The summed E-state index contributed by atoms with van der Waals surface area (Å²) in [6, 6.07) is 0. The van der Waals surface area contributed by atoms with Gasteiger partial charge in [-0.15, -0.1) is 5.10 Å². The van der Waals surface area contributed by atoms with Gasteiger partial charge >= 0.3 is 0 Å². The van der Waals surface area contributed by atoms with Gasteiger partial charge in [-0.05, 0) is 31.7 Å². The van der Waals surface area contributed by atoms with E-state index >= 15 is 0 Å². The largest absolute Gasteiger partial charge is 0.381 e. The highest BCUT2D eigenvalue weighted by molar-refractivity contribution is 5.17. The molecular formula is C12H20N4O. The molecule has 17 heavy (non-hydrogen) atoms. The van der Waals surface area contributed by atoms with E-state index in [0.717, 1.165) is 44.2 Å². The van der Waals surface area contributed by atoms with Crippen LogP contribution >= 0.6 is 0 Å². The summed E-state index contributed by atoms with van der Waals surface area (Å²) in [4.78, 5) is 0. The van der Waals surface area contributed by atoms with E-state index in [2.05, 4.69) is 15.0 Å². The van der Waals surface area contributed by atoms with Gasteiger partial charge in [0, 0.05) is 25.5 Å². The molecule has 2 aliphatic rings. The zero-order valence-corrected chi connectivity index (χ0v) is 10.1. The van der Waals surface area contributed by atoms with Gasteiger partial charge in [-0.3, -0.25) is 0 Å². The first-order chi connectivity index (χ1) is 8.38. The Morgan fingerprint density at radius 1 is 1.35 bits per heavy atom. The van der Waals surface area contributed by atoms with Gasteiger partial charge in [0.05, 0.1) is 18.0 Å². The molecule has 2 N–H and O–H groups in total. The van der Waals surface area contributed by atoms with Gasteiger partial charge in [0.15, 0.2) is 0 Å². The van der Waals surface area contributed by atoms with Crippen molar-refractivity contribution in [1.29, 1.82) is 0 Å². The molecule has 1 atom stereocenters. The Morgan fingerprint density at radius 3 is 2.88 bits per heavy atom. The van der Waals surface area contributed by atoms with Gasteiger partial charge in [-0.25, -0.2) is 4.68 Å². The Bertz CT molecular complexity index is 380. The molecule has 0 radical (unpaired) electrons. The lowest BCUT2D eigenvalue weighted by molar-refractivity contribution is 0.192. The van der Waals surface area contributed by atoms with Crippen LogP contribution in [-0.2, 0) is 17.7 Å². The first-order valence-corrected chi connectivity index (χ1v) is 6.58. The van der Waals surface area contributed by atoms with Crippen LogP contribution in [0, 0.1) is 5.92 Å². The molecule has 1 aromatic heterocycles. The van der Waals surface area contributed by atoms with Crippen molar-refractivity contribution in [2.45, 2.75) is 38.1 Å². The summed E-state index contributed by atoms with van der Waals surface area (Å²) in [7, 11) is 0. The second-order valence-electron chi connectivity index (χ2n) is 5.15. The smallest absolute Gasteiger partial charge is 0.0875 e. The lowest BCUT2D eigenvalue weighted by Crippen LogP contribution is -2.14. The van der Waals surface area contributed by atoms with Gasteiger partial charge in [0.25, 0.3) is 0 Å². The first-order valence-electron chi connectivity index (χ1n) is 6.58. The van der Waals surface area contributed by atoms with Crippen LogP contribution in [0.5, 0.6) is 0 Å². The van der Waals surface area contributed by atoms with Crippen LogP contribution in [0.15, 0.2) is 0 Å². The maximum absolute atomic E-state index is 5.64. The third-order valence-electron chi connectivity index (χ3n) is 3.67. The van der Waals surface area contributed by atoms with E-state index in [4.69, 9.17) is 10.5 Å². The monoisotopic (exact) mass is 236 g/mol. The Kier molecular flexibility index (Phi) is 3.11. The SMILES string of the molecule is NCCc1nnn(CC2CC2)c1C1CCOC1. The van der Waals surface area contributed by atoms with Crippen LogP contribution in [0.4, 0.5) is 0 Å². The average molecular weight is 236 g/mol. The fourth-order valence-corrected chi connectivity index (χ4v) is 2.55. The molecule has 1 saturated carbocycles. The molecule has 1 unspecified atom stereocenters. The van der Waals surface area contributed by atoms with Crippen molar-refractivity contribution in [2.75, 3.05) is 19.8 Å². The number of rotatable bonds is 5. The quantitative estimate of drug-likeness (QED) is 0.817. The highest BCUT2D eigenvalue weighted by Gasteiger charge is 2.29. The molecule has 3 rings (SSSR count). The van der Waals surface area contributed by atoms with Crippen LogP contribution in [0.1, 0.15) is 36.6 Å². The molecule has 2 heterocycles. The molecule has 2 fully saturated rings. The van der Waals surface area contributed by atoms with Crippen molar-refractivity contribution in [3.05, 3.63) is 11.4 Å². The van der Waals surface area contributed by atoms with Crippen molar-refractivity contribution in [2.24, 2.45) is 11.7 Å². The number of nitrogens with two attached hydrogens (primary N) is 1. The summed E-state index contributed by atoms with van der Waals surface area (Å²) in [6.07, 6.45) is 4.60. The minimum absolute atomic E-state index is 0.477. The fourth-order valence-electron chi connectivity index (χ4n) is 2.55.